The van der Waals surface area contributed by atoms with E-state index in [4.69, 9.17) is 4.74 Å². The number of ether oxygens (including phenoxy) is 2. The number of carbonyl (C=O) groups is 3. The minimum absolute atomic E-state index is 0.0124. The SMILES string of the molecule is COC(=O)/C=C(/C(=O)OC)C(=CNC(C)(C)C)C(=O)c1ccccc1. The molecule has 0 saturated carbocycles. The highest BCUT2D eigenvalue weighted by Gasteiger charge is 2.25. The molecule has 1 rings (SSSR count). The van der Waals surface area contributed by atoms with E-state index >= 15 is 0 Å². The second kappa shape index (κ2) is 8.82. The molecular weight excluding hydrogens is 322 g/mol. The van der Waals surface area contributed by atoms with E-state index in [-0.39, 0.29) is 16.7 Å². The number of rotatable bonds is 6. The van der Waals surface area contributed by atoms with E-state index in [9.17, 15) is 14.4 Å². The van der Waals surface area contributed by atoms with Crippen molar-refractivity contribution in [2.75, 3.05) is 14.2 Å². The molecule has 0 fully saturated rings. The van der Waals surface area contributed by atoms with Gasteiger partial charge >= 0.3 is 11.9 Å². The lowest BCUT2D eigenvalue weighted by Gasteiger charge is -2.20. The fourth-order valence-electron chi connectivity index (χ4n) is 1.83. The summed E-state index contributed by atoms with van der Waals surface area (Å²) in [4.78, 5) is 36.7. The van der Waals surface area contributed by atoms with E-state index < -0.39 is 17.7 Å². The summed E-state index contributed by atoms with van der Waals surface area (Å²) in [5.41, 5.74) is -0.142. The maximum absolute atomic E-state index is 12.9. The van der Waals surface area contributed by atoms with E-state index in [2.05, 4.69) is 10.1 Å². The third-order valence-electron chi connectivity index (χ3n) is 3.09. The maximum Gasteiger partial charge on any atom is 0.338 e. The van der Waals surface area contributed by atoms with Crippen LogP contribution in [0.5, 0.6) is 0 Å². The summed E-state index contributed by atoms with van der Waals surface area (Å²) < 4.78 is 9.30. The van der Waals surface area contributed by atoms with Crippen molar-refractivity contribution < 1.29 is 23.9 Å². The molecule has 134 valence electrons. The highest BCUT2D eigenvalue weighted by Crippen LogP contribution is 2.19. The van der Waals surface area contributed by atoms with Crippen LogP contribution in [-0.4, -0.2) is 37.5 Å². The zero-order valence-corrected chi connectivity index (χ0v) is 15.1. The molecule has 1 N–H and O–H groups in total. The molecular formula is C19H23NO5. The van der Waals surface area contributed by atoms with Crippen molar-refractivity contribution in [1.82, 2.24) is 5.32 Å². The smallest absolute Gasteiger partial charge is 0.338 e. The fraction of sp³-hybridized carbons (Fsp3) is 0.316. The molecule has 0 atom stereocenters. The van der Waals surface area contributed by atoms with Crippen LogP contribution in [0, 0.1) is 0 Å². The van der Waals surface area contributed by atoms with Crippen molar-refractivity contribution in [1.29, 1.82) is 0 Å². The van der Waals surface area contributed by atoms with Crippen LogP contribution in [-0.2, 0) is 19.1 Å². The van der Waals surface area contributed by atoms with Gasteiger partial charge in [-0.25, -0.2) is 9.59 Å². The molecule has 0 aliphatic heterocycles. The minimum atomic E-state index is -0.809. The zero-order valence-electron chi connectivity index (χ0n) is 15.1. The van der Waals surface area contributed by atoms with Crippen molar-refractivity contribution in [3.05, 3.63) is 59.3 Å². The summed E-state index contributed by atoms with van der Waals surface area (Å²) in [6.07, 6.45) is 2.36. The number of benzene rings is 1. The van der Waals surface area contributed by atoms with Crippen molar-refractivity contribution >= 4 is 17.7 Å². The molecule has 1 aromatic carbocycles. The van der Waals surface area contributed by atoms with E-state index in [1.807, 2.05) is 20.8 Å². The fourth-order valence-corrected chi connectivity index (χ4v) is 1.83. The molecule has 25 heavy (non-hydrogen) atoms. The quantitative estimate of drug-likeness (QED) is 0.369. The Bertz CT molecular complexity index is 696. The zero-order chi connectivity index (χ0) is 19.0. The number of Topliss-reactive ketones (excluding diaryl/α,β-unsaturated/α-hetero) is 1. The first-order valence-electron chi connectivity index (χ1n) is 7.65. The molecule has 0 bridgehead atoms. The summed E-state index contributed by atoms with van der Waals surface area (Å²) in [5, 5.41) is 3.04. The maximum atomic E-state index is 12.9. The van der Waals surface area contributed by atoms with Crippen molar-refractivity contribution in [2.24, 2.45) is 0 Å². The number of esters is 2. The van der Waals surface area contributed by atoms with E-state index in [1.54, 1.807) is 30.3 Å². The Kier molecular flexibility index (Phi) is 7.11. The second-order valence-electron chi connectivity index (χ2n) is 6.22. The van der Waals surface area contributed by atoms with Gasteiger partial charge in [0, 0.05) is 23.4 Å². The van der Waals surface area contributed by atoms with Crippen LogP contribution in [0.4, 0.5) is 0 Å². The van der Waals surface area contributed by atoms with Gasteiger partial charge in [0.1, 0.15) is 0 Å². The molecule has 0 aliphatic carbocycles. The molecule has 0 radical (unpaired) electrons. The van der Waals surface area contributed by atoms with Crippen LogP contribution < -0.4 is 5.32 Å². The van der Waals surface area contributed by atoms with Gasteiger partial charge in [-0.1, -0.05) is 30.3 Å². The van der Waals surface area contributed by atoms with Gasteiger partial charge in [0.2, 0.25) is 0 Å². The minimum Gasteiger partial charge on any atom is -0.466 e. The van der Waals surface area contributed by atoms with Crippen LogP contribution in [0.25, 0.3) is 0 Å². The van der Waals surface area contributed by atoms with Crippen LogP contribution in [0.15, 0.2) is 53.8 Å². The number of hydrogen-bond acceptors (Lipinski definition) is 6. The third-order valence-corrected chi connectivity index (χ3v) is 3.09. The predicted molar refractivity (Wildman–Crippen MR) is 93.9 cm³/mol. The number of nitrogens with one attached hydrogen (secondary N) is 1. The molecule has 0 aromatic heterocycles. The summed E-state index contributed by atoms with van der Waals surface area (Å²) in [7, 11) is 2.36. The molecule has 0 unspecified atom stereocenters. The normalized spacial score (nSPS) is 12.4. The molecule has 1 aromatic rings. The summed E-state index contributed by atoms with van der Waals surface area (Å²) in [6, 6.07) is 8.45. The van der Waals surface area contributed by atoms with E-state index in [0.29, 0.717) is 5.56 Å². The Morgan fingerprint density at radius 2 is 1.56 bits per heavy atom. The molecule has 0 saturated heterocycles. The third kappa shape index (κ3) is 6.25. The lowest BCUT2D eigenvalue weighted by atomic mass is 9.96. The summed E-state index contributed by atoms with van der Waals surface area (Å²) in [5.74, 6) is -1.99. The number of methoxy groups -OCH3 is 2. The Morgan fingerprint density at radius 3 is 2.04 bits per heavy atom. The molecule has 0 heterocycles. The first kappa shape index (κ1) is 20.2. The molecule has 6 nitrogen and oxygen atoms in total. The number of hydrogen-bond donors (Lipinski definition) is 1. The van der Waals surface area contributed by atoms with Crippen molar-refractivity contribution in [3.8, 4) is 0 Å². The van der Waals surface area contributed by atoms with Gasteiger partial charge in [-0.2, -0.15) is 0 Å². The van der Waals surface area contributed by atoms with Gasteiger partial charge < -0.3 is 14.8 Å². The van der Waals surface area contributed by atoms with Crippen LogP contribution in [0.2, 0.25) is 0 Å². The van der Waals surface area contributed by atoms with E-state index in [0.717, 1.165) is 6.08 Å². The highest BCUT2D eigenvalue weighted by atomic mass is 16.5. The Morgan fingerprint density at radius 1 is 0.960 bits per heavy atom. The average Bonchev–Trinajstić information content (AvgIpc) is 2.59. The summed E-state index contributed by atoms with van der Waals surface area (Å²) in [6.45, 7) is 5.70. The molecule has 0 aliphatic rings. The lowest BCUT2D eigenvalue weighted by molar-refractivity contribution is -0.138. The van der Waals surface area contributed by atoms with Gasteiger partial charge in [0.15, 0.2) is 5.78 Å². The van der Waals surface area contributed by atoms with Crippen LogP contribution in [0.1, 0.15) is 31.1 Å². The van der Waals surface area contributed by atoms with Crippen molar-refractivity contribution in [2.45, 2.75) is 26.3 Å². The molecule has 6 heteroatoms. The van der Waals surface area contributed by atoms with Gasteiger partial charge in [0.25, 0.3) is 0 Å². The first-order chi connectivity index (χ1) is 11.7. The standard InChI is InChI=1S/C19H23NO5/c1-19(2,3)20-12-15(17(22)13-9-7-6-8-10-13)14(18(23)25-5)11-16(21)24-4/h6-12,20H,1-5H3/b14-11+,15-12?. The Labute approximate surface area is 147 Å². The number of ketones is 1. The molecule has 0 spiro atoms. The molecule has 0 amide bonds. The van der Waals surface area contributed by atoms with Gasteiger partial charge in [0.05, 0.1) is 25.4 Å². The lowest BCUT2D eigenvalue weighted by Crippen LogP contribution is -2.32. The monoisotopic (exact) mass is 345 g/mol. The highest BCUT2D eigenvalue weighted by molar-refractivity contribution is 6.18. The van der Waals surface area contributed by atoms with Gasteiger partial charge in [-0.3, -0.25) is 4.79 Å². The Hall–Kier alpha value is -2.89. The second-order valence-corrected chi connectivity index (χ2v) is 6.22. The van der Waals surface area contributed by atoms with Gasteiger partial charge in [-0.15, -0.1) is 0 Å². The summed E-state index contributed by atoms with van der Waals surface area (Å²) >= 11 is 0. The van der Waals surface area contributed by atoms with Crippen LogP contribution in [0.3, 0.4) is 0 Å². The largest absolute Gasteiger partial charge is 0.466 e. The predicted octanol–water partition coefficient (Wildman–Crippen LogP) is 2.41. The Balaban J connectivity index is 3.46. The number of carbonyl (C=O) groups excluding carboxylic acids is 3. The topological polar surface area (TPSA) is 81.7 Å². The average molecular weight is 345 g/mol. The van der Waals surface area contributed by atoms with Gasteiger partial charge in [-0.05, 0) is 20.8 Å². The van der Waals surface area contributed by atoms with E-state index in [1.165, 1.54) is 20.4 Å². The van der Waals surface area contributed by atoms with Crippen LogP contribution >= 0.6 is 0 Å². The first-order valence-corrected chi connectivity index (χ1v) is 7.65. The van der Waals surface area contributed by atoms with Crippen molar-refractivity contribution in [3.63, 3.8) is 0 Å².